The lowest BCUT2D eigenvalue weighted by Gasteiger charge is -2.28. The Bertz CT molecular complexity index is 526. The highest BCUT2D eigenvalue weighted by Gasteiger charge is 2.18. The van der Waals surface area contributed by atoms with Crippen molar-refractivity contribution < 1.29 is 0 Å². The topological polar surface area (TPSA) is 55.0 Å². The monoisotopic (exact) mass is 282 g/mol. The van der Waals surface area contributed by atoms with E-state index in [4.69, 9.17) is 5.73 Å². The normalized spacial score (nSPS) is 12.8. The van der Waals surface area contributed by atoms with Crippen LogP contribution in [-0.4, -0.2) is 35.1 Å². The Labute approximate surface area is 116 Å². The van der Waals surface area contributed by atoms with E-state index in [0.29, 0.717) is 12.0 Å². The molecule has 0 aliphatic carbocycles. The summed E-state index contributed by atoms with van der Waals surface area (Å²) < 4.78 is 1.12. The molecule has 98 valence electrons. The van der Waals surface area contributed by atoms with E-state index in [9.17, 15) is 0 Å². The maximum atomic E-state index is 5.79. The SMILES string of the molecule is CCC(CSC)N(C)c1nc(N)nc2ccsc12. The van der Waals surface area contributed by atoms with Gasteiger partial charge in [0.1, 0.15) is 0 Å². The lowest BCUT2D eigenvalue weighted by Crippen LogP contribution is -2.34. The number of hydrogen-bond donors (Lipinski definition) is 1. The van der Waals surface area contributed by atoms with Gasteiger partial charge in [-0.3, -0.25) is 0 Å². The summed E-state index contributed by atoms with van der Waals surface area (Å²) in [5, 5.41) is 2.03. The van der Waals surface area contributed by atoms with E-state index in [0.717, 1.165) is 28.2 Å². The molecule has 0 aliphatic rings. The number of thiophene rings is 1. The van der Waals surface area contributed by atoms with Crippen LogP contribution in [-0.2, 0) is 0 Å². The molecule has 0 radical (unpaired) electrons. The molecule has 4 nitrogen and oxygen atoms in total. The molecule has 0 aliphatic heterocycles. The van der Waals surface area contributed by atoms with Crippen LogP contribution in [0.4, 0.5) is 11.8 Å². The minimum absolute atomic E-state index is 0.349. The van der Waals surface area contributed by atoms with E-state index in [-0.39, 0.29) is 0 Å². The van der Waals surface area contributed by atoms with E-state index in [1.165, 1.54) is 0 Å². The number of fused-ring (bicyclic) bond motifs is 1. The zero-order chi connectivity index (χ0) is 13.1. The van der Waals surface area contributed by atoms with E-state index < -0.39 is 0 Å². The van der Waals surface area contributed by atoms with Crippen LogP contribution in [0.5, 0.6) is 0 Å². The summed E-state index contributed by atoms with van der Waals surface area (Å²) in [7, 11) is 2.09. The van der Waals surface area contributed by atoms with Gasteiger partial charge < -0.3 is 10.6 Å². The Kier molecular flexibility index (Phi) is 4.29. The van der Waals surface area contributed by atoms with Crippen molar-refractivity contribution in [2.24, 2.45) is 0 Å². The van der Waals surface area contributed by atoms with Crippen LogP contribution in [0.25, 0.3) is 10.2 Å². The van der Waals surface area contributed by atoms with Crippen molar-refractivity contribution in [3.8, 4) is 0 Å². The largest absolute Gasteiger partial charge is 0.368 e. The minimum Gasteiger partial charge on any atom is -0.368 e. The Morgan fingerprint density at radius 1 is 1.50 bits per heavy atom. The molecule has 0 fully saturated rings. The molecule has 1 unspecified atom stereocenters. The number of anilines is 2. The van der Waals surface area contributed by atoms with Crippen LogP contribution in [0.1, 0.15) is 13.3 Å². The molecule has 1 atom stereocenters. The summed E-state index contributed by atoms with van der Waals surface area (Å²) >= 11 is 3.52. The predicted molar refractivity (Wildman–Crippen MR) is 82.7 cm³/mol. The molecule has 6 heteroatoms. The van der Waals surface area contributed by atoms with Gasteiger partial charge >= 0.3 is 0 Å². The van der Waals surface area contributed by atoms with Gasteiger partial charge in [-0.25, -0.2) is 4.98 Å². The van der Waals surface area contributed by atoms with E-state index in [1.807, 2.05) is 23.2 Å². The number of aromatic nitrogens is 2. The molecule has 0 bridgehead atoms. The summed E-state index contributed by atoms with van der Waals surface area (Å²) in [6.07, 6.45) is 3.22. The van der Waals surface area contributed by atoms with Gasteiger partial charge in [0, 0.05) is 18.8 Å². The average Bonchev–Trinajstić information content (AvgIpc) is 2.82. The van der Waals surface area contributed by atoms with Crippen molar-refractivity contribution in [3.05, 3.63) is 11.4 Å². The minimum atomic E-state index is 0.349. The fourth-order valence-electron chi connectivity index (χ4n) is 1.97. The summed E-state index contributed by atoms with van der Waals surface area (Å²) in [6.45, 7) is 2.20. The summed E-state index contributed by atoms with van der Waals surface area (Å²) in [4.78, 5) is 10.9. The number of nitrogens with zero attached hydrogens (tertiary/aromatic N) is 3. The fraction of sp³-hybridized carbons (Fsp3) is 0.500. The molecule has 0 spiro atoms. The first-order valence-corrected chi connectivity index (χ1v) is 8.17. The molecular weight excluding hydrogens is 264 g/mol. The maximum Gasteiger partial charge on any atom is 0.222 e. The molecule has 2 rings (SSSR count). The molecule has 0 amide bonds. The second-order valence-electron chi connectivity index (χ2n) is 4.17. The maximum absolute atomic E-state index is 5.79. The van der Waals surface area contributed by atoms with Crippen molar-refractivity contribution in [2.45, 2.75) is 19.4 Å². The van der Waals surface area contributed by atoms with Gasteiger partial charge in [-0.15, -0.1) is 11.3 Å². The van der Waals surface area contributed by atoms with Crippen LogP contribution in [0, 0.1) is 0 Å². The van der Waals surface area contributed by atoms with Crippen LogP contribution >= 0.6 is 23.1 Å². The van der Waals surface area contributed by atoms with Crippen LogP contribution in [0.2, 0.25) is 0 Å². The predicted octanol–water partition coefficient (Wildman–Crippen LogP) is 2.85. The van der Waals surface area contributed by atoms with E-state index >= 15 is 0 Å². The molecule has 0 saturated carbocycles. The molecule has 2 heterocycles. The van der Waals surface area contributed by atoms with Crippen molar-refractivity contribution >= 4 is 45.1 Å². The highest BCUT2D eigenvalue weighted by molar-refractivity contribution is 7.98. The van der Waals surface area contributed by atoms with Gasteiger partial charge in [0.15, 0.2) is 5.82 Å². The van der Waals surface area contributed by atoms with Gasteiger partial charge in [0.2, 0.25) is 5.95 Å². The van der Waals surface area contributed by atoms with Crippen molar-refractivity contribution in [2.75, 3.05) is 29.7 Å². The second kappa shape index (κ2) is 5.75. The van der Waals surface area contributed by atoms with Gasteiger partial charge in [-0.1, -0.05) is 6.92 Å². The Hall–Kier alpha value is -1.01. The number of nitrogen functional groups attached to an aromatic ring is 1. The van der Waals surface area contributed by atoms with Crippen molar-refractivity contribution in [1.29, 1.82) is 0 Å². The molecule has 2 N–H and O–H groups in total. The molecule has 2 aromatic heterocycles. The second-order valence-corrected chi connectivity index (χ2v) is 6.00. The highest BCUT2D eigenvalue weighted by Crippen LogP contribution is 2.30. The number of thioether (sulfide) groups is 1. The Morgan fingerprint density at radius 3 is 2.94 bits per heavy atom. The van der Waals surface area contributed by atoms with Gasteiger partial charge in [0.25, 0.3) is 0 Å². The van der Waals surface area contributed by atoms with Crippen LogP contribution in [0.3, 0.4) is 0 Å². The van der Waals surface area contributed by atoms with Gasteiger partial charge in [0.05, 0.1) is 10.2 Å². The first-order chi connectivity index (χ1) is 8.67. The zero-order valence-electron chi connectivity index (χ0n) is 10.9. The number of rotatable bonds is 5. The molecule has 2 aromatic rings. The highest BCUT2D eigenvalue weighted by atomic mass is 32.2. The van der Waals surface area contributed by atoms with Crippen molar-refractivity contribution in [1.82, 2.24) is 9.97 Å². The van der Waals surface area contributed by atoms with Gasteiger partial charge in [-0.05, 0) is 24.1 Å². The smallest absolute Gasteiger partial charge is 0.222 e. The standard InChI is InChI=1S/C12H18N4S2/c1-4-8(7-17-3)16(2)11-10-9(5-6-18-10)14-12(13)15-11/h5-6,8H,4,7H2,1-3H3,(H2,13,14,15). The number of nitrogens with two attached hydrogens (primary N) is 1. The quantitative estimate of drug-likeness (QED) is 0.914. The van der Waals surface area contributed by atoms with Crippen LogP contribution in [0.15, 0.2) is 11.4 Å². The fourth-order valence-corrected chi connectivity index (χ4v) is 3.68. The summed E-state index contributed by atoms with van der Waals surface area (Å²) in [5.74, 6) is 2.39. The Morgan fingerprint density at radius 2 is 2.28 bits per heavy atom. The third-order valence-electron chi connectivity index (χ3n) is 3.02. The lowest BCUT2D eigenvalue weighted by atomic mass is 10.2. The first kappa shape index (κ1) is 13.4. The molecule has 0 saturated heterocycles. The van der Waals surface area contributed by atoms with E-state index in [2.05, 4.69) is 35.1 Å². The zero-order valence-corrected chi connectivity index (χ0v) is 12.5. The third-order valence-corrected chi connectivity index (χ3v) is 4.63. The van der Waals surface area contributed by atoms with Crippen LogP contribution < -0.4 is 10.6 Å². The third kappa shape index (κ3) is 2.54. The van der Waals surface area contributed by atoms with Crippen molar-refractivity contribution in [3.63, 3.8) is 0 Å². The average molecular weight is 282 g/mol. The first-order valence-electron chi connectivity index (χ1n) is 5.89. The molecule has 18 heavy (non-hydrogen) atoms. The summed E-state index contributed by atoms with van der Waals surface area (Å²) in [5.41, 5.74) is 6.73. The summed E-state index contributed by atoms with van der Waals surface area (Å²) in [6, 6.07) is 2.46. The Balaban J connectivity index is 2.42. The lowest BCUT2D eigenvalue weighted by molar-refractivity contribution is 0.668. The molecular formula is C12H18N4S2. The molecule has 0 aromatic carbocycles. The number of hydrogen-bond acceptors (Lipinski definition) is 6. The van der Waals surface area contributed by atoms with E-state index in [1.54, 1.807) is 11.3 Å². The van der Waals surface area contributed by atoms with Gasteiger partial charge in [-0.2, -0.15) is 16.7 Å².